The van der Waals surface area contributed by atoms with Gasteiger partial charge in [-0.2, -0.15) is 18.3 Å². The van der Waals surface area contributed by atoms with Gasteiger partial charge in [0.15, 0.2) is 5.69 Å². The molecule has 0 saturated carbocycles. The number of rotatable bonds is 7. The molecule has 2 aliphatic heterocycles. The number of nitrogens with one attached hydrogen (secondary N) is 3. The Bertz CT molecular complexity index is 1140. The van der Waals surface area contributed by atoms with Crippen LogP contribution in [-0.4, -0.2) is 65.7 Å². The molecular weight excluding hydrogens is 509 g/mol. The predicted octanol–water partition coefficient (Wildman–Crippen LogP) is 5.10. The molecule has 0 aromatic carbocycles. The van der Waals surface area contributed by atoms with Crippen LogP contribution < -0.4 is 10.7 Å². The molecule has 3 N–H and O–H groups in total. The number of hydrogen-bond donors (Lipinski definition) is 3. The number of likely N-dealkylation sites (tertiary alicyclic amines) is 1. The van der Waals surface area contributed by atoms with Crippen molar-refractivity contribution < 1.29 is 26.7 Å². The van der Waals surface area contributed by atoms with Crippen LogP contribution in [0.5, 0.6) is 0 Å². The molecule has 2 atom stereocenters. The quantitative estimate of drug-likeness (QED) is 0.255. The summed E-state index contributed by atoms with van der Waals surface area (Å²) >= 11 is 0. The Labute approximate surface area is 217 Å². The number of allylic oxidation sites excluding steroid dienone is 3. The van der Waals surface area contributed by atoms with E-state index in [1.54, 1.807) is 32.1 Å². The molecule has 38 heavy (non-hydrogen) atoms. The minimum absolute atomic E-state index is 0.00222. The summed E-state index contributed by atoms with van der Waals surface area (Å²) in [5.74, 6) is -4.34. The van der Waals surface area contributed by atoms with Crippen LogP contribution in [-0.2, 0) is 0 Å². The molecule has 0 bridgehead atoms. The summed E-state index contributed by atoms with van der Waals surface area (Å²) in [5.41, 5.74) is 2.31. The van der Waals surface area contributed by atoms with Crippen molar-refractivity contribution in [3.8, 4) is 0 Å². The fourth-order valence-electron chi connectivity index (χ4n) is 4.34. The third-order valence-corrected chi connectivity index (χ3v) is 6.18. The lowest BCUT2D eigenvalue weighted by Gasteiger charge is -2.43. The van der Waals surface area contributed by atoms with Crippen LogP contribution in [0.25, 0.3) is 0 Å². The number of aromatic nitrogens is 1. The number of halogens is 5. The fourth-order valence-corrected chi connectivity index (χ4v) is 4.34. The van der Waals surface area contributed by atoms with Crippen molar-refractivity contribution in [2.45, 2.75) is 57.7 Å². The number of alkyl halides is 5. The van der Waals surface area contributed by atoms with E-state index in [4.69, 9.17) is 5.41 Å². The maximum Gasteiger partial charge on any atom is 0.417 e. The lowest BCUT2D eigenvalue weighted by Crippen LogP contribution is -2.58. The number of anilines is 1. The first-order valence-corrected chi connectivity index (χ1v) is 12.1. The highest BCUT2D eigenvalue weighted by Crippen LogP contribution is 2.35. The van der Waals surface area contributed by atoms with Gasteiger partial charge in [-0.05, 0) is 50.3 Å². The van der Waals surface area contributed by atoms with Gasteiger partial charge in [-0.3, -0.25) is 10.2 Å². The van der Waals surface area contributed by atoms with E-state index in [1.807, 2.05) is 0 Å². The van der Waals surface area contributed by atoms with E-state index in [1.165, 1.54) is 0 Å². The maximum absolute atomic E-state index is 14.6. The molecule has 3 heterocycles. The Morgan fingerprint density at radius 3 is 2.74 bits per heavy atom. The van der Waals surface area contributed by atoms with Crippen molar-refractivity contribution in [3.63, 3.8) is 0 Å². The molecule has 0 spiro atoms. The van der Waals surface area contributed by atoms with Crippen molar-refractivity contribution in [2.24, 2.45) is 16.0 Å². The van der Waals surface area contributed by atoms with Crippen LogP contribution in [0.1, 0.15) is 48.8 Å². The van der Waals surface area contributed by atoms with E-state index in [2.05, 4.69) is 25.8 Å². The molecule has 0 aliphatic carbocycles. The molecule has 206 valence electrons. The number of piperidine rings is 1. The van der Waals surface area contributed by atoms with Crippen LogP contribution in [0.3, 0.4) is 0 Å². The number of pyridine rings is 1. The molecule has 1 unspecified atom stereocenters. The normalized spacial score (nSPS) is 25.7. The molecule has 1 fully saturated rings. The highest BCUT2D eigenvalue weighted by atomic mass is 19.4. The first-order valence-electron chi connectivity index (χ1n) is 12.1. The molecule has 1 saturated heterocycles. The molecule has 0 radical (unpaired) electrons. The molecular formula is C25H30F5N7O. The van der Waals surface area contributed by atoms with E-state index in [9.17, 15) is 26.7 Å². The predicted molar refractivity (Wildman–Crippen MR) is 136 cm³/mol. The average molecular weight is 540 g/mol. The van der Waals surface area contributed by atoms with Gasteiger partial charge in [-0.25, -0.2) is 18.8 Å². The second-order valence-corrected chi connectivity index (χ2v) is 9.26. The van der Waals surface area contributed by atoms with Gasteiger partial charge in [0.1, 0.15) is 5.82 Å². The zero-order valence-electron chi connectivity index (χ0n) is 21.0. The molecule has 1 aromatic rings. The van der Waals surface area contributed by atoms with Crippen LogP contribution in [0, 0.1) is 18.3 Å². The fraction of sp³-hybridized carbons (Fsp3) is 0.480. The van der Waals surface area contributed by atoms with E-state index in [0.29, 0.717) is 18.5 Å². The zero-order valence-corrected chi connectivity index (χ0v) is 21.0. The molecule has 8 nitrogen and oxygen atoms in total. The van der Waals surface area contributed by atoms with Gasteiger partial charge in [-0.1, -0.05) is 13.0 Å². The highest BCUT2D eigenvalue weighted by molar-refractivity contribution is 6.14. The Morgan fingerprint density at radius 2 is 2.03 bits per heavy atom. The smallest absolute Gasteiger partial charge is 0.368 e. The Kier molecular flexibility index (Phi) is 9.34. The van der Waals surface area contributed by atoms with Gasteiger partial charge in [0.25, 0.3) is 11.8 Å². The number of nitrogens with zero attached hydrogens (tertiary/aromatic N) is 4. The lowest BCUT2D eigenvalue weighted by atomic mass is 9.88. The SMILES string of the molecule is Cc1ccc(N/N=C\C=N)c(C(=O)N2CC(F)(F)C[C@@H](C)C2CNC2=C/CCC/C=C(C(F)(F)F)/C=N\2)n1. The summed E-state index contributed by atoms with van der Waals surface area (Å²) in [6, 6.07) is 2.44. The number of amides is 1. The number of hydrogen-bond acceptors (Lipinski definition) is 7. The van der Waals surface area contributed by atoms with Crippen LogP contribution >= 0.6 is 0 Å². The van der Waals surface area contributed by atoms with Gasteiger partial charge < -0.3 is 15.6 Å². The Morgan fingerprint density at radius 1 is 1.29 bits per heavy atom. The highest BCUT2D eigenvalue weighted by Gasteiger charge is 2.46. The zero-order chi connectivity index (χ0) is 27.9. The molecule has 1 aromatic heterocycles. The molecule has 3 rings (SSSR count). The van der Waals surface area contributed by atoms with Crippen LogP contribution in [0.4, 0.5) is 27.6 Å². The summed E-state index contributed by atoms with van der Waals surface area (Å²) in [7, 11) is 0. The minimum Gasteiger partial charge on any atom is -0.368 e. The van der Waals surface area contributed by atoms with Crippen molar-refractivity contribution in [2.75, 3.05) is 18.5 Å². The van der Waals surface area contributed by atoms with E-state index < -0.39 is 48.5 Å². The van der Waals surface area contributed by atoms with E-state index >= 15 is 0 Å². The van der Waals surface area contributed by atoms with E-state index in [0.717, 1.165) is 29.6 Å². The minimum atomic E-state index is -4.54. The van der Waals surface area contributed by atoms with Gasteiger partial charge in [-0.15, -0.1) is 0 Å². The van der Waals surface area contributed by atoms with Crippen molar-refractivity contribution in [1.82, 2.24) is 15.2 Å². The van der Waals surface area contributed by atoms with Crippen molar-refractivity contribution in [3.05, 3.63) is 47.1 Å². The maximum atomic E-state index is 14.6. The monoisotopic (exact) mass is 539 g/mol. The number of carbonyl (C=O) groups is 1. The Balaban J connectivity index is 1.87. The summed E-state index contributed by atoms with van der Waals surface area (Å²) in [5, 5.41) is 13.8. The van der Waals surface area contributed by atoms with Crippen molar-refractivity contribution in [1.29, 1.82) is 5.41 Å². The summed E-state index contributed by atoms with van der Waals surface area (Å²) in [6.45, 7) is 2.41. The first-order chi connectivity index (χ1) is 17.9. The van der Waals surface area contributed by atoms with Crippen LogP contribution in [0.2, 0.25) is 0 Å². The Hall–Kier alpha value is -3.64. The van der Waals surface area contributed by atoms with Gasteiger partial charge in [0.05, 0.1) is 30.1 Å². The number of aryl methyl sites for hydroxylation is 1. The van der Waals surface area contributed by atoms with Crippen LogP contribution in [0.15, 0.2) is 45.8 Å². The largest absolute Gasteiger partial charge is 0.417 e. The van der Waals surface area contributed by atoms with Crippen molar-refractivity contribution >= 4 is 30.2 Å². The van der Waals surface area contributed by atoms with Gasteiger partial charge in [0.2, 0.25) is 0 Å². The average Bonchev–Trinajstić information content (AvgIpc) is 2.95. The van der Waals surface area contributed by atoms with Gasteiger partial charge >= 0.3 is 6.18 Å². The topological polar surface area (TPSA) is 106 Å². The molecule has 13 heteroatoms. The summed E-state index contributed by atoms with van der Waals surface area (Å²) in [4.78, 5) is 22.8. The third-order valence-electron chi connectivity index (χ3n) is 6.18. The number of aliphatic imine (C=N–C) groups is 1. The molecule has 2 aliphatic rings. The number of hydrazone groups is 1. The third kappa shape index (κ3) is 7.68. The first kappa shape index (κ1) is 28.9. The van der Waals surface area contributed by atoms with E-state index in [-0.39, 0.29) is 30.2 Å². The summed E-state index contributed by atoms with van der Waals surface area (Å²) in [6.07, 6.45) is 1.77. The second-order valence-electron chi connectivity index (χ2n) is 9.26. The summed E-state index contributed by atoms with van der Waals surface area (Å²) < 4.78 is 68.9. The number of carbonyl (C=O) groups excluding carboxylic acids is 1. The molecule has 1 amide bonds. The van der Waals surface area contributed by atoms with Gasteiger partial charge in [0, 0.05) is 31.1 Å². The second kappa shape index (κ2) is 12.3. The standard InChI is InChI=1S/C25H30F5N7O/c1-16-12-24(26,27)15-37(23(38)22-19(36-34-11-10-31)9-8-17(2)35-22)20(16)14-33-21-7-5-3-4-6-18(13-32-21)25(28,29)30/h6-11,13,16,20,31,33,36H,3-5,12,14-15H2,1-2H3/b18-6-,21-7+,31-10?,32-13-,34-11-/t16-,20?/m1/s1. The lowest BCUT2D eigenvalue weighted by molar-refractivity contribution is -0.0913.